The topological polar surface area (TPSA) is 165 Å². The number of aromatic nitrogens is 4. The van der Waals surface area contributed by atoms with Gasteiger partial charge in [0.1, 0.15) is 23.2 Å². The molecule has 0 aliphatic carbocycles. The van der Waals surface area contributed by atoms with Crippen LogP contribution in [0.2, 0.25) is 0 Å². The molecule has 0 spiro atoms. The molecule has 16 heteroatoms. The van der Waals surface area contributed by atoms with Crippen LogP contribution in [-0.4, -0.2) is 64.6 Å². The van der Waals surface area contributed by atoms with Gasteiger partial charge in [0.2, 0.25) is 11.9 Å². The third-order valence-electron chi connectivity index (χ3n) is 9.51. The molecule has 5 atom stereocenters. The highest BCUT2D eigenvalue weighted by molar-refractivity contribution is 7.33. The lowest BCUT2D eigenvalue weighted by atomic mass is 9.80. The van der Waals surface area contributed by atoms with Gasteiger partial charge in [-0.3, -0.25) is 24.5 Å². The fraction of sp³-hybridized carbons (Fsp3) is 0.268. The summed E-state index contributed by atoms with van der Waals surface area (Å²) in [5, 5.41) is 2.57. The summed E-state index contributed by atoms with van der Waals surface area (Å²) in [5.74, 6) is 0.529. The Labute approximate surface area is 327 Å². The first kappa shape index (κ1) is 39.3. The van der Waals surface area contributed by atoms with E-state index in [1.165, 1.54) is 10.9 Å². The van der Waals surface area contributed by atoms with E-state index < -0.39 is 55.8 Å². The van der Waals surface area contributed by atoms with E-state index in [4.69, 9.17) is 28.0 Å². The van der Waals surface area contributed by atoms with E-state index >= 15 is 4.39 Å². The van der Waals surface area contributed by atoms with E-state index in [2.05, 4.69) is 20.3 Å². The van der Waals surface area contributed by atoms with Crippen molar-refractivity contribution in [2.45, 2.75) is 44.1 Å². The van der Waals surface area contributed by atoms with E-state index in [0.29, 0.717) is 22.6 Å². The Morgan fingerprint density at radius 1 is 0.895 bits per heavy atom. The summed E-state index contributed by atoms with van der Waals surface area (Å²) >= 11 is 0. The van der Waals surface area contributed by atoms with Gasteiger partial charge in [-0.2, -0.15) is 4.98 Å². The molecule has 1 saturated heterocycles. The van der Waals surface area contributed by atoms with Crippen molar-refractivity contribution in [3.8, 4) is 17.2 Å². The number of alkyl halides is 1. The maximum atomic E-state index is 17.1. The van der Waals surface area contributed by atoms with E-state index in [1.807, 2.05) is 78.9 Å². The number of fused-ring (bicyclic) bond motifs is 1. The predicted molar refractivity (Wildman–Crippen MR) is 208 cm³/mol. The number of para-hydroxylation sites is 1. The summed E-state index contributed by atoms with van der Waals surface area (Å²) in [6, 6.07) is 32.5. The predicted octanol–water partition coefficient (Wildman–Crippen LogP) is 7.10. The summed E-state index contributed by atoms with van der Waals surface area (Å²) in [7, 11) is 0.191. The van der Waals surface area contributed by atoms with E-state index in [0.717, 1.165) is 5.56 Å². The van der Waals surface area contributed by atoms with Gasteiger partial charge in [-0.05, 0) is 53.1 Å². The van der Waals surface area contributed by atoms with E-state index in [1.54, 1.807) is 58.4 Å². The van der Waals surface area contributed by atoms with Crippen LogP contribution in [0, 0.1) is 5.92 Å². The van der Waals surface area contributed by atoms with Gasteiger partial charge >= 0.3 is 8.25 Å². The average molecular weight is 797 g/mol. The third-order valence-corrected chi connectivity index (χ3v) is 10.3. The summed E-state index contributed by atoms with van der Waals surface area (Å²) < 4.78 is 67.3. The van der Waals surface area contributed by atoms with Crippen molar-refractivity contribution in [3.05, 3.63) is 143 Å². The molecule has 1 aliphatic rings. The SMILES string of the molecule is COc1ccc(C(OC[C@H]2O[C@@H](n3cnc4c(=O)[nH]c(NC(=O)C(C)C)nc43)[C@H](O[P+](=O)Oc3ccccc3)[C@H]2F)(c2ccccc2)c2ccc(OC)cc2)cc1. The monoisotopic (exact) mass is 796 g/mol. The first-order valence-corrected chi connectivity index (χ1v) is 19.1. The highest BCUT2D eigenvalue weighted by Gasteiger charge is 2.54. The maximum absolute atomic E-state index is 17.1. The van der Waals surface area contributed by atoms with Gasteiger partial charge < -0.3 is 18.9 Å². The van der Waals surface area contributed by atoms with Crippen LogP contribution in [0.4, 0.5) is 10.3 Å². The molecule has 14 nitrogen and oxygen atoms in total. The molecule has 0 radical (unpaired) electrons. The number of anilines is 1. The Hall–Kier alpha value is -5.99. The molecule has 6 aromatic rings. The van der Waals surface area contributed by atoms with Crippen molar-refractivity contribution in [3.63, 3.8) is 0 Å². The fourth-order valence-electron chi connectivity index (χ4n) is 6.57. The molecule has 57 heavy (non-hydrogen) atoms. The number of ether oxygens (including phenoxy) is 4. The zero-order chi connectivity index (χ0) is 40.1. The van der Waals surface area contributed by atoms with Crippen molar-refractivity contribution < 1.29 is 41.7 Å². The molecule has 2 aromatic heterocycles. The number of imidazole rings is 1. The summed E-state index contributed by atoms with van der Waals surface area (Å²) in [5.41, 5.74) is 0.0152. The van der Waals surface area contributed by atoms with Crippen LogP contribution in [0.3, 0.4) is 0 Å². The number of carbonyl (C=O) groups excluding carboxylic acids is 1. The first-order valence-electron chi connectivity index (χ1n) is 18.0. The molecule has 1 fully saturated rings. The van der Waals surface area contributed by atoms with Crippen molar-refractivity contribution in [1.29, 1.82) is 0 Å². The van der Waals surface area contributed by atoms with Crippen molar-refractivity contribution in [2.75, 3.05) is 26.1 Å². The highest BCUT2D eigenvalue weighted by atomic mass is 31.1. The lowest BCUT2D eigenvalue weighted by Crippen LogP contribution is -2.38. The van der Waals surface area contributed by atoms with Gasteiger partial charge in [-0.15, -0.1) is 4.52 Å². The van der Waals surface area contributed by atoms with Crippen LogP contribution in [0.1, 0.15) is 36.8 Å². The minimum atomic E-state index is -2.95. The molecule has 1 unspecified atom stereocenters. The molecule has 3 heterocycles. The minimum Gasteiger partial charge on any atom is -0.497 e. The smallest absolute Gasteiger partial charge is 0.497 e. The molecule has 7 rings (SSSR count). The Morgan fingerprint density at radius 3 is 2.05 bits per heavy atom. The molecule has 0 bridgehead atoms. The van der Waals surface area contributed by atoms with Crippen LogP contribution in [0.5, 0.6) is 17.2 Å². The number of nitrogens with zero attached hydrogens (tertiary/aromatic N) is 3. The number of hydrogen-bond acceptors (Lipinski definition) is 11. The van der Waals surface area contributed by atoms with Crippen molar-refractivity contribution >= 4 is 31.3 Å². The lowest BCUT2D eigenvalue weighted by Gasteiger charge is -2.37. The Balaban J connectivity index is 1.28. The standard InChI is InChI=1S/C41H39FN5O9P/c1-25(2)37(48)45-40-44-36-34(38(49)46-40)43-24-47(36)39-35(56-57(50)55-31-13-9-6-10-14-31)33(42)32(54-39)23-53-41(26-11-7-5-8-12-26,27-15-19-29(51-3)20-16-27)28-17-21-30(52-4)22-18-28/h5-22,24-25,32-33,35,39H,23H2,1-4H3,(H-,44,45,46,48,49)/p+1/t32-,33+,35-,39-/m1/s1. The Bertz CT molecular complexity index is 2330. The fourth-order valence-corrected chi connectivity index (χ4v) is 7.32. The molecular formula is C41H40FN5O9P+. The summed E-state index contributed by atoms with van der Waals surface area (Å²) in [6.07, 6.45) is -5.02. The van der Waals surface area contributed by atoms with E-state index in [9.17, 15) is 14.2 Å². The number of benzene rings is 4. The van der Waals surface area contributed by atoms with Crippen LogP contribution in [0.15, 0.2) is 120 Å². The van der Waals surface area contributed by atoms with Gasteiger partial charge in [-0.1, -0.05) is 86.6 Å². The molecule has 1 aliphatic heterocycles. The zero-order valence-electron chi connectivity index (χ0n) is 31.4. The minimum absolute atomic E-state index is 0.0422. The van der Waals surface area contributed by atoms with Gasteiger partial charge in [0, 0.05) is 10.5 Å². The molecule has 2 N–H and O–H groups in total. The number of rotatable bonds is 15. The number of methoxy groups -OCH3 is 2. The maximum Gasteiger partial charge on any atom is 0.750 e. The number of aromatic amines is 1. The molecule has 0 saturated carbocycles. The number of amides is 1. The highest BCUT2D eigenvalue weighted by Crippen LogP contribution is 2.45. The second-order valence-corrected chi connectivity index (χ2v) is 14.2. The second kappa shape index (κ2) is 17.0. The Morgan fingerprint density at radius 2 is 1.47 bits per heavy atom. The van der Waals surface area contributed by atoms with Gasteiger partial charge in [0.15, 0.2) is 35.4 Å². The molecule has 294 valence electrons. The average Bonchev–Trinajstić information content (AvgIpc) is 3.79. The zero-order valence-corrected chi connectivity index (χ0v) is 32.3. The van der Waals surface area contributed by atoms with Gasteiger partial charge in [0.25, 0.3) is 5.56 Å². The van der Waals surface area contributed by atoms with E-state index in [-0.39, 0.29) is 29.5 Å². The molecule has 1 amide bonds. The van der Waals surface area contributed by atoms with Crippen LogP contribution < -0.4 is 24.9 Å². The number of halogens is 1. The van der Waals surface area contributed by atoms with Crippen molar-refractivity contribution in [1.82, 2.24) is 19.5 Å². The number of carbonyl (C=O) groups is 1. The van der Waals surface area contributed by atoms with Crippen LogP contribution >= 0.6 is 8.25 Å². The lowest BCUT2D eigenvalue weighted by molar-refractivity contribution is -0.118. The third kappa shape index (κ3) is 8.14. The first-order chi connectivity index (χ1) is 27.6. The van der Waals surface area contributed by atoms with Crippen LogP contribution in [0.25, 0.3) is 11.2 Å². The quantitative estimate of drug-likeness (QED) is 0.0805. The second-order valence-electron chi connectivity index (χ2n) is 13.4. The number of nitrogens with one attached hydrogen (secondary N) is 2. The number of hydrogen-bond donors (Lipinski definition) is 2. The largest absolute Gasteiger partial charge is 0.750 e. The normalized spacial score (nSPS) is 18.4. The van der Waals surface area contributed by atoms with Gasteiger partial charge in [-0.25, -0.2) is 13.9 Å². The van der Waals surface area contributed by atoms with Crippen LogP contribution in [-0.2, 0) is 29.0 Å². The summed E-state index contributed by atoms with van der Waals surface area (Å²) in [6.45, 7) is 3.02. The summed E-state index contributed by atoms with van der Waals surface area (Å²) in [4.78, 5) is 36.7. The van der Waals surface area contributed by atoms with Crippen molar-refractivity contribution in [2.24, 2.45) is 5.92 Å². The van der Waals surface area contributed by atoms with Gasteiger partial charge in [0.05, 0.1) is 27.2 Å². The Kier molecular flexibility index (Phi) is 11.7. The molecular weight excluding hydrogens is 756 g/mol. The number of H-pyrrole nitrogens is 1. The molecule has 4 aromatic carbocycles.